The maximum atomic E-state index is 14.2. The largest absolute Gasteiger partial charge is 0.484 e. The number of hydrogen-bond donors (Lipinski definition) is 2. The normalized spacial score (nSPS) is 18.1. The molecule has 2 atom stereocenters. The number of hydrogen-bond acceptors (Lipinski definition) is 5. The molecule has 1 aromatic heterocycles. The second kappa shape index (κ2) is 11.0. The number of aromatic nitrogens is 1. The van der Waals surface area contributed by atoms with Crippen molar-refractivity contribution in [1.82, 2.24) is 4.98 Å². The lowest BCUT2D eigenvalue weighted by molar-refractivity contribution is -0.126. The van der Waals surface area contributed by atoms with Crippen LogP contribution in [-0.4, -0.2) is 29.6 Å². The summed E-state index contributed by atoms with van der Waals surface area (Å²) >= 11 is 0. The smallest absolute Gasteiger partial charge is 0.253 e. The lowest BCUT2D eigenvalue weighted by Crippen LogP contribution is -2.29. The predicted molar refractivity (Wildman–Crippen MR) is 105 cm³/mol. The molecule has 6 nitrogen and oxygen atoms in total. The van der Waals surface area contributed by atoms with Crippen LogP contribution in [0.1, 0.15) is 18.5 Å². The highest BCUT2D eigenvalue weighted by Gasteiger charge is 2.29. The van der Waals surface area contributed by atoms with Crippen molar-refractivity contribution in [2.75, 3.05) is 11.9 Å². The van der Waals surface area contributed by atoms with E-state index in [4.69, 9.17) is 15.2 Å². The Hall–Kier alpha value is -1.93. The van der Waals surface area contributed by atoms with E-state index in [1.54, 1.807) is 24.4 Å². The van der Waals surface area contributed by atoms with Crippen molar-refractivity contribution in [1.29, 1.82) is 0 Å². The molecule has 2 heterocycles. The zero-order chi connectivity index (χ0) is 17.6. The highest BCUT2D eigenvalue weighted by Crippen LogP contribution is 2.24. The summed E-state index contributed by atoms with van der Waals surface area (Å²) in [5.41, 5.74) is 6.59. The van der Waals surface area contributed by atoms with Gasteiger partial charge >= 0.3 is 0 Å². The molecule has 2 aromatic rings. The number of halogens is 3. The zero-order valence-corrected chi connectivity index (χ0v) is 16.1. The minimum absolute atomic E-state index is 0. The van der Waals surface area contributed by atoms with E-state index in [0.29, 0.717) is 24.3 Å². The number of pyridine rings is 1. The maximum Gasteiger partial charge on any atom is 0.253 e. The van der Waals surface area contributed by atoms with Gasteiger partial charge in [0.15, 0.2) is 11.6 Å². The van der Waals surface area contributed by atoms with Gasteiger partial charge in [-0.25, -0.2) is 4.39 Å². The van der Waals surface area contributed by atoms with E-state index in [-0.39, 0.29) is 49.2 Å². The first-order valence-corrected chi connectivity index (χ1v) is 8.14. The molecule has 1 amide bonds. The van der Waals surface area contributed by atoms with Crippen molar-refractivity contribution in [3.05, 3.63) is 54.1 Å². The average molecular weight is 418 g/mol. The van der Waals surface area contributed by atoms with E-state index in [9.17, 15) is 9.18 Å². The Balaban J connectivity index is 0.00000182. The van der Waals surface area contributed by atoms with Gasteiger partial charge in [0.2, 0.25) is 0 Å². The molecule has 148 valence electrons. The second-order valence-corrected chi connectivity index (χ2v) is 5.80. The molecule has 1 saturated heterocycles. The number of nitrogens with two attached hydrogens (primary N) is 1. The highest BCUT2D eigenvalue weighted by molar-refractivity contribution is 5.94. The average Bonchev–Trinajstić information content (AvgIpc) is 3.11. The molecule has 0 unspecified atom stereocenters. The molecule has 3 N–H and O–H groups in total. The Kier molecular flexibility index (Phi) is 9.45. The number of ether oxygens (including phenoxy) is 2. The summed E-state index contributed by atoms with van der Waals surface area (Å²) in [4.78, 5) is 16.3. The van der Waals surface area contributed by atoms with Crippen LogP contribution in [0.2, 0.25) is 0 Å². The first-order valence-electron chi connectivity index (χ1n) is 8.14. The quantitative estimate of drug-likeness (QED) is 0.753. The van der Waals surface area contributed by atoms with Gasteiger partial charge < -0.3 is 20.5 Å². The fraction of sp³-hybridized carbons (Fsp3) is 0.333. The first-order chi connectivity index (χ1) is 12.2. The first kappa shape index (κ1) is 23.1. The molecule has 0 radical (unpaired) electrons. The number of rotatable bonds is 6. The standard InChI is InChI=1S/C18H20FN3O3.2ClH/c19-15-9-12(22-18(23)17-7-5-14(10-20)25-17)4-6-16(15)24-11-13-3-1-2-8-21-13;;/h1-4,6,8-9,14,17H,5,7,10-11,20H2,(H,22,23);2*1H/t14-,17+;;/m1../s1. The lowest BCUT2D eigenvalue weighted by atomic mass is 10.2. The van der Waals surface area contributed by atoms with Gasteiger partial charge in [-0.1, -0.05) is 6.07 Å². The van der Waals surface area contributed by atoms with Crippen LogP contribution in [-0.2, 0) is 16.1 Å². The third-order valence-corrected chi connectivity index (χ3v) is 3.96. The zero-order valence-electron chi connectivity index (χ0n) is 14.5. The Morgan fingerprint density at radius 1 is 1.30 bits per heavy atom. The van der Waals surface area contributed by atoms with Crippen LogP contribution in [0.5, 0.6) is 5.75 Å². The monoisotopic (exact) mass is 417 g/mol. The molecule has 9 heteroatoms. The molecule has 0 saturated carbocycles. The Labute approximate surface area is 169 Å². The van der Waals surface area contributed by atoms with Gasteiger partial charge in [-0.05, 0) is 37.1 Å². The third kappa shape index (κ3) is 6.32. The van der Waals surface area contributed by atoms with Gasteiger partial charge in [-0.3, -0.25) is 9.78 Å². The Morgan fingerprint density at radius 2 is 2.11 bits per heavy atom. The van der Waals surface area contributed by atoms with Crippen molar-refractivity contribution in [3.63, 3.8) is 0 Å². The topological polar surface area (TPSA) is 86.5 Å². The molecule has 3 rings (SSSR count). The number of carbonyl (C=O) groups is 1. The lowest BCUT2D eigenvalue weighted by Gasteiger charge is -2.13. The van der Waals surface area contributed by atoms with Crippen molar-refractivity contribution in [3.8, 4) is 5.75 Å². The van der Waals surface area contributed by atoms with Crippen LogP contribution < -0.4 is 15.8 Å². The van der Waals surface area contributed by atoms with Crippen molar-refractivity contribution in [2.45, 2.75) is 31.7 Å². The van der Waals surface area contributed by atoms with E-state index >= 15 is 0 Å². The Morgan fingerprint density at radius 3 is 2.74 bits per heavy atom. The molecular formula is C18H22Cl2FN3O3. The SMILES string of the molecule is Cl.Cl.NC[C@H]1CC[C@@H](C(=O)Nc2ccc(OCc3ccccn3)c(F)c2)O1. The molecule has 1 aliphatic heterocycles. The number of anilines is 1. The molecule has 1 aliphatic rings. The van der Waals surface area contributed by atoms with Gasteiger partial charge in [0, 0.05) is 24.5 Å². The summed E-state index contributed by atoms with van der Waals surface area (Å²) in [7, 11) is 0. The molecule has 1 fully saturated rings. The van der Waals surface area contributed by atoms with Crippen LogP contribution in [0.25, 0.3) is 0 Å². The molecule has 1 aromatic carbocycles. The third-order valence-electron chi connectivity index (χ3n) is 3.96. The van der Waals surface area contributed by atoms with Crippen LogP contribution in [0.15, 0.2) is 42.6 Å². The second-order valence-electron chi connectivity index (χ2n) is 5.80. The van der Waals surface area contributed by atoms with E-state index in [0.717, 1.165) is 6.42 Å². The van der Waals surface area contributed by atoms with E-state index in [1.807, 2.05) is 6.07 Å². The van der Waals surface area contributed by atoms with Crippen LogP contribution in [0.3, 0.4) is 0 Å². The number of amides is 1. The van der Waals surface area contributed by atoms with Gasteiger partial charge in [0.25, 0.3) is 5.91 Å². The number of carbonyl (C=O) groups excluding carboxylic acids is 1. The number of nitrogens with one attached hydrogen (secondary N) is 1. The fourth-order valence-corrected chi connectivity index (χ4v) is 2.63. The predicted octanol–water partition coefficient (Wildman–Crippen LogP) is 3.09. The van der Waals surface area contributed by atoms with E-state index in [1.165, 1.54) is 12.1 Å². The summed E-state index contributed by atoms with van der Waals surface area (Å²) < 4.78 is 25.1. The summed E-state index contributed by atoms with van der Waals surface area (Å²) in [6.45, 7) is 0.556. The Bertz CT molecular complexity index is 737. The fourth-order valence-electron chi connectivity index (χ4n) is 2.63. The minimum Gasteiger partial charge on any atom is -0.484 e. The van der Waals surface area contributed by atoms with Gasteiger partial charge in [0.1, 0.15) is 12.7 Å². The number of benzene rings is 1. The molecule has 0 spiro atoms. The molecule has 0 bridgehead atoms. The minimum atomic E-state index is -0.555. The van der Waals surface area contributed by atoms with Crippen molar-refractivity contribution >= 4 is 36.4 Å². The maximum absolute atomic E-state index is 14.2. The van der Waals surface area contributed by atoms with Crippen molar-refractivity contribution in [2.24, 2.45) is 5.73 Å². The van der Waals surface area contributed by atoms with Gasteiger partial charge in [-0.2, -0.15) is 0 Å². The van der Waals surface area contributed by atoms with Crippen LogP contribution in [0, 0.1) is 5.82 Å². The summed E-state index contributed by atoms with van der Waals surface area (Å²) in [6, 6.07) is 9.71. The summed E-state index contributed by atoms with van der Waals surface area (Å²) in [6.07, 6.45) is 2.38. The summed E-state index contributed by atoms with van der Waals surface area (Å²) in [5.74, 6) is -0.748. The highest BCUT2D eigenvalue weighted by atomic mass is 35.5. The van der Waals surface area contributed by atoms with Crippen molar-refractivity contribution < 1.29 is 18.7 Å². The van der Waals surface area contributed by atoms with Gasteiger partial charge in [0.05, 0.1) is 11.8 Å². The van der Waals surface area contributed by atoms with E-state index in [2.05, 4.69) is 10.3 Å². The molecular weight excluding hydrogens is 396 g/mol. The van der Waals surface area contributed by atoms with E-state index < -0.39 is 11.9 Å². The van der Waals surface area contributed by atoms with Crippen LogP contribution in [0.4, 0.5) is 10.1 Å². The molecule has 0 aliphatic carbocycles. The van der Waals surface area contributed by atoms with Gasteiger partial charge in [-0.15, -0.1) is 24.8 Å². The molecule has 27 heavy (non-hydrogen) atoms. The summed E-state index contributed by atoms with van der Waals surface area (Å²) in [5, 5.41) is 2.66. The number of nitrogens with zero attached hydrogens (tertiary/aromatic N) is 1. The van der Waals surface area contributed by atoms with Crippen LogP contribution >= 0.6 is 24.8 Å².